The van der Waals surface area contributed by atoms with E-state index in [0.717, 1.165) is 10.9 Å². The molecule has 0 fully saturated rings. The lowest BCUT2D eigenvalue weighted by molar-refractivity contribution is 0.343. The normalized spacial score (nSPS) is 10.5. The molecule has 0 aliphatic rings. The molecule has 2 aromatic rings. The van der Waals surface area contributed by atoms with Crippen molar-refractivity contribution < 1.29 is 14.8 Å². The smallest absolute Gasteiger partial charge is 0.488 e. The predicted molar refractivity (Wildman–Crippen MR) is 75.7 cm³/mol. The highest BCUT2D eigenvalue weighted by Gasteiger charge is 2.11. The van der Waals surface area contributed by atoms with E-state index in [1.54, 1.807) is 42.2 Å². The van der Waals surface area contributed by atoms with E-state index in [4.69, 9.17) is 14.8 Å². The number of thioether (sulfide) groups is 1. The molecule has 0 unspecified atom stereocenters. The van der Waals surface area contributed by atoms with Crippen LogP contribution < -0.4 is 10.2 Å². The lowest BCUT2D eigenvalue weighted by atomic mass is 9.80. The molecule has 0 spiro atoms. The molecule has 0 atom stereocenters. The van der Waals surface area contributed by atoms with E-state index in [2.05, 4.69) is 4.98 Å². The van der Waals surface area contributed by atoms with Crippen LogP contribution in [0.2, 0.25) is 0 Å². The Morgan fingerprint density at radius 2 is 2.26 bits per heavy atom. The first-order chi connectivity index (χ1) is 9.16. The third kappa shape index (κ3) is 4.02. The van der Waals surface area contributed by atoms with Crippen LogP contribution >= 0.6 is 11.8 Å². The zero-order valence-electron chi connectivity index (χ0n) is 10.6. The van der Waals surface area contributed by atoms with Gasteiger partial charge in [0.25, 0.3) is 0 Å². The number of rotatable bonds is 6. The molecule has 1 aromatic heterocycles. The molecular formula is C12H15BN2O3S. The van der Waals surface area contributed by atoms with Crippen molar-refractivity contribution in [2.24, 2.45) is 7.05 Å². The van der Waals surface area contributed by atoms with E-state index < -0.39 is 7.12 Å². The van der Waals surface area contributed by atoms with Crippen molar-refractivity contribution in [2.45, 2.75) is 5.16 Å². The SMILES string of the molecule is Cn1ccnc1SCCOc1cccc(B(O)O)c1. The van der Waals surface area contributed by atoms with E-state index in [0.29, 0.717) is 17.8 Å². The minimum Gasteiger partial charge on any atom is -0.493 e. The second-order valence-electron chi connectivity index (χ2n) is 3.96. The van der Waals surface area contributed by atoms with E-state index in [-0.39, 0.29) is 0 Å². The van der Waals surface area contributed by atoms with Crippen LogP contribution in [0.15, 0.2) is 41.8 Å². The fourth-order valence-corrected chi connectivity index (χ4v) is 2.30. The molecule has 0 aliphatic heterocycles. The molecule has 100 valence electrons. The molecule has 19 heavy (non-hydrogen) atoms. The standard InChI is InChI=1S/C12H15BN2O3S/c1-15-6-5-14-12(15)19-8-7-18-11-4-2-3-10(9-11)13(16)17/h2-6,9,16-17H,7-8H2,1H3. The minimum absolute atomic E-state index is 0.425. The Hall–Kier alpha value is -1.44. The fraction of sp³-hybridized carbons (Fsp3) is 0.250. The van der Waals surface area contributed by atoms with Gasteiger partial charge in [-0.15, -0.1) is 0 Å². The lowest BCUT2D eigenvalue weighted by Crippen LogP contribution is -2.29. The van der Waals surface area contributed by atoms with Crippen LogP contribution in [-0.4, -0.2) is 39.1 Å². The first-order valence-corrected chi connectivity index (χ1v) is 6.84. The van der Waals surface area contributed by atoms with Crippen molar-refractivity contribution in [3.8, 4) is 5.75 Å². The highest BCUT2D eigenvalue weighted by atomic mass is 32.2. The Morgan fingerprint density at radius 1 is 1.42 bits per heavy atom. The topological polar surface area (TPSA) is 67.5 Å². The van der Waals surface area contributed by atoms with Gasteiger partial charge in [-0.05, 0) is 17.6 Å². The molecule has 1 heterocycles. The van der Waals surface area contributed by atoms with Gasteiger partial charge in [0.15, 0.2) is 5.16 Å². The summed E-state index contributed by atoms with van der Waals surface area (Å²) < 4.78 is 7.51. The van der Waals surface area contributed by atoms with Crippen molar-refractivity contribution in [3.63, 3.8) is 0 Å². The zero-order valence-corrected chi connectivity index (χ0v) is 11.4. The van der Waals surface area contributed by atoms with Gasteiger partial charge >= 0.3 is 7.12 Å². The van der Waals surface area contributed by atoms with E-state index in [9.17, 15) is 0 Å². The molecule has 5 nitrogen and oxygen atoms in total. The summed E-state index contributed by atoms with van der Waals surface area (Å²) in [5.74, 6) is 1.41. The molecular weight excluding hydrogens is 263 g/mol. The summed E-state index contributed by atoms with van der Waals surface area (Å²) in [6.45, 7) is 0.530. The van der Waals surface area contributed by atoms with Gasteiger partial charge in [0.05, 0.1) is 6.61 Å². The van der Waals surface area contributed by atoms with Crippen molar-refractivity contribution in [2.75, 3.05) is 12.4 Å². The zero-order chi connectivity index (χ0) is 13.7. The van der Waals surface area contributed by atoms with Crippen molar-refractivity contribution in [3.05, 3.63) is 36.7 Å². The van der Waals surface area contributed by atoms with Crippen LogP contribution in [0.1, 0.15) is 0 Å². The number of ether oxygens (including phenoxy) is 1. The second kappa shape index (κ2) is 6.65. The maximum Gasteiger partial charge on any atom is 0.488 e. The molecule has 0 saturated heterocycles. The molecule has 1 aromatic carbocycles. The van der Waals surface area contributed by atoms with Gasteiger partial charge in [-0.2, -0.15) is 0 Å². The Morgan fingerprint density at radius 3 is 2.95 bits per heavy atom. The number of nitrogens with zero attached hydrogens (tertiary/aromatic N) is 2. The Balaban J connectivity index is 1.79. The monoisotopic (exact) mass is 278 g/mol. The fourth-order valence-electron chi connectivity index (χ4n) is 1.55. The molecule has 0 saturated carbocycles. The molecule has 0 aliphatic carbocycles. The molecule has 0 amide bonds. The number of hydrogen-bond donors (Lipinski definition) is 2. The quantitative estimate of drug-likeness (QED) is 0.451. The molecule has 0 radical (unpaired) electrons. The van der Waals surface area contributed by atoms with Gasteiger partial charge in [-0.1, -0.05) is 23.9 Å². The average molecular weight is 278 g/mol. The summed E-state index contributed by atoms with van der Waals surface area (Å²) in [7, 11) is 0.480. The largest absolute Gasteiger partial charge is 0.493 e. The number of hydrogen-bond acceptors (Lipinski definition) is 5. The second-order valence-corrected chi connectivity index (χ2v) is 5.03. The third-order valence-electron chi connectivity index (χ3n) is 2.52. The number of aryl methyl sites for hydroxylation is 1. The Bertz CT molecular complexity index is 533. The van der Waals surface area contributed by atoms with Crippen LogP contribution in [0.5, 0.6) is 5.75 Å². The first kappa shape index (κ1) is 14.0. The molecule has 0 bridgehead atoms. The summed E-state index contributed by atoms with van der Waals surface area (Å²) in [6, 6.07) is 6.78. The summed E-state index contributed by atoms with van der Waals surface area (Å²) in [5.41, 5.74) is 0.425. The van der Waals surface area contributed by atoms with Gasteiger partial charge in [-0.25, -0.2) is 4.98 Å². The van der Waals surface area contributed by atoms with Gasteiger partial charge in [0, 0.05) is 25.2 Å². The molecule has 2 N–H and O–H groups in total. The van der Waals surface area contributed by atoms with Crippen LogP contribution in [0.25, 0.3) is 0 Å². The summed E-state index contributed by atoms with van der Waals surface area (Å²) in [4.78, 5) is 4.20. The molecule has 7 heteroatoms. The summed E-state index contributed by atoms with van der Waals surface area (Å²) in [5, 5.41) is 19.1. The average Bonchev–Trinajstić information content (AvgIpc) is 2.81. The maximum atomic E-state index is 9.06. The van der Waals surface area contributed by atoms with E-state index >= 15 is 0 Å². The van der Waals surface area contributed by atoms with Gasteiger partial charge < -0.3 is 19.4 Å². The third-order valence-corrected chi connectivity index (χ3v) is 3.54. The van der Waals surface area contributed by atoms with Gasteiger partial charge in [-0.3, -0.25) is 0 Å². The Labute approximate surface area is 116 Å². The first-order valence-electron chi connectivity index (χ1n) is 5.86. The maximum absolute atomic E-state index is 9.06. The van der Waals surface area contributed by atoms with Crippen molar-refractivity contribution >= 4 is 24.3 Å². The summed E-state index contributed by atoms with van der Waals surface area (Å²) >= 11 is 1.61. The molecule has 2 rings (SSSR count). The highest BCUT2D eigenvalue weighted by Crippen LogP contribution is 2.15. The van der Waals surface area contributed by atoms with Crippen LogP contribution in [0, 0.1) is 0 Å². The Kier molecular flexibility index (Phi) is 4.89. The van der Waals surface area contributed by atoms with Crippen LogP contribution in [0.3, 0.4) is 0 Å². The number of aromatic nitrogens is 2. The number of imidazole rings is 1. The van der Waals surface area contributed by atoms with E-state index in [1.165, 1.54) is 0 Å². The predicted octanol–water partition coefficient (Wildman–Crippen LogP) is 0.271. The van der Waals surface area contributed by atoms with Crippen LogP contribution in [0.4, 0.5) is 0 Å². The van der Waals surface area contributed by atoms with Crippen molar-refractivity contribution in [1.29, 1.82) is 0 Å². The lowest BCUT2D eigenvalue weighted by Gasteiger charge is -2.07. The van der Waals surface area contributed by atoms with Gasteiger partial charge in [0.1, 0.15) is 5.75 Å². The van der Waals surface area contributed by atoms with Crippen LogP contribution in [-0.2, 0) is 7.05 Å². The van der Waals surface area contributed by atoms with Gasteiger partial charge in [0.2, 0.25) is 0 Å². The summed E-state index contributed by atoms with van der Waals surface area (Å²) in [6.07, 6.45) is 3.66. The number of benzene rings is 1. The highest BCUT2D eigenvalue weighted by molar-refractivity contribution is 7.99. The minimum atomic E-state index is -1.47. The van der Waals surface area contributed by atoms with Crippen molar-refractivity contribution in [1.82, 2.24) is 9.55 Å². The van der Waals surface area contributed by atoms with E-state index in [1.807, 2.05) is 17.8 Å².